The van der Waals surface area contributed by atoms with Gasteiger partial charge in [-0.15, -0.1) is 0 Å². The molecule has 1 aromatic rings. The molecule has 1 aromatic carbocycles. The summed E-state index contributed by atoms with van der Waals surface area (Å²) in [5, 5.41) is 11.7. The largest absolute Gasteiger partial charge is 0.497 e. The van der Waals surface area contributed by atoms with Crippen LogP contribution in [0.25, 0.3) is 0 Å². The van der Waals surface area contributed by atoms with Crippen molar-refractivity contribution in [3.05, 3.63) is 23.8 Å². The summed E-state index contributed by atoms with van der Waals surface area (Å²) < 4.78 is 11.5. The van der Waals surface area contributed by atoms with Crippen LogP contribution in [-0.2, 0) is 4.43 Å². The highest BCUT2D eigenvalue weighted by molar-refractivity contribution is 6.74. The molecule has 2 N–H and O–H groups in total. The zero-order valence-corrected chi connectivity index (χ0v) is 26.2. The van der Waals surface area contributed by atoms with Gasteiger partial charge in [0.1, 0.15) is 5.75 Å². The van der Waals surface area contributed by atoms with Crippen molar-refractivity contribution in [1.82, 2.24) is 0 Å². The molecule has 0 aliphatic carbocycles. The van der Waals surface area contributed by atoms with Gasteiger partial charge in [0.2, 0.25) is 0 Å². The Morgan fingerprint density at radius 1 is 0.868 bits per heavy atom. The van der Waals surface area contributed by atoms with Crippen LogP contribution >= 0.6 is 0 Å². The summed E-state index contributed by atoms with van der Waals surface area (Å²) in [6.45, 7) is 12.6. The molecule has 0 aliphatic heterocycles. The van der Waals surface area contributed by atoms with Gasteiger partial charge in [-0.25, -0.2) is 4.79 Å². The molecule has 0 saturated heterocycles. The highest BCUT2D eigenvalue weighted by Crippen LogP contribution is 2.36. The van der Waals surface area contributed by atoms with Crippen LogP contribution in [0.4, 0.5) is 10.5 Å². The number of carbonyl (C=O) groups is 1. The molecule has 0 unspecified atom stereocenters. The first-order chi connectivity index (χ1) is 18.1. The summed E-state index contributed by atoms with van der Waals surface area (Å²) in [6, 6.07) is 5.18. The smallest absolute Gasteiger partial charge is 0.409 e. The Morgan fingerprint density at radius 3 is 1.84 bits per heavy atom. The van der Waals surface area contributed by atoms with Gasteiger partial charge >= 0.3 is 6.09 Å². The first-order valence-corrected chi connectivity index (χ1v) is 17.8. The van der Waals surface area contributed by atoms with Gasteiger partial charge in [0.15, 0.2) is 8.32 Å². The van der Waals surface area contributed by atoms with E-state index in [0.29, 0.717) is 22.0 Å². The number of nitrogens with one attached hydrogen (secondary N) is 1. The van der Waals surface area contributed by atoms with Gasteiger partial charge in [-0.2, -0.15) is 0 Å². The normalized spacial score (nSPS) is 11.6. The molecule has 0 heterocycles. The SMILES string of the molecule is COc1ccc(NC(=O)O)c(C#CCCCCCCCCCCCCCCCCO[Si](C)(C)C(C)(C)C)c1. The number of hydrogen-bond donors (Lipinski definition) is 2. The Labute approximate surface area is 234 Å². The maximum Gasteiger partial charge on any atom is 0.409 e. The predicted octanol–water partition coefficient (Wildman–Crippen LogP) is 10.0. The fourth-order valence-electron chi connectivity index (χ4n) is 4.12. The monoisotopic (exact) mass is 545 g/mol. The van der Waals surface area contributed by atoms with E-state index < -0.39 is 14.4 Å². The van der Waals surface area contributed by atoms with Gasteiger partial charge in [0, 0.05) is 13.0 Å². The third-order valence-corrected chi connectivity index (χ3v) is 12.2. The molecule has 0 fully saturated rings. The van der Waals surface area contributed by atoms with Gasteiger partial charge in [-0.05, 0) is 49.2 Å². The molecule has 0 radical (unpaired) electrons. The second kappa shape index (κ2) is 19.1. The van der Waals surface area contributed by atoms with Gasteiger partial charge < -0.3 is 14.3 Å². The van der Waals surface area contributed by atoms with E-state index in [1.165, 1.54) is 83.5 Å². The molecule has 0 bridgehead atoms. The first-order valence-electron chi connectivity index (χ1n) is 14.9. The van der Waals surface area contributed by atoms with E-state index in [1.54, 1.807) is 25.3 Å². The zero-order valence-electron chi connectivity index (χ0n) is 25.2. The Bertz CT molecular complexity index is 851. The highest BCUT2D eigenvalue weighted by Gasteiger charge is 2.36. The number of carboxylic acid groups (broad SMARTS) is 1. The van der Waals surface area contributed by atoms with Crippen LogP contribution < -0.4 is 10.1 Å². The van der Waals surface area contributed by atoms with Crippen LogP contribution in [0.15, 0.2) is 18.2 Å². The lowest BCUT2D eigenvalue weighted by atomic mass is 10.0. The molecule has 0 aliphatic rings. The molecule has 0 saturated carbocycles. The number of amides is 1. The average molecular weight is 546 g/mol. The van der Waals surface area contributed by atoms with Crippen LogP contribution in [0.5, 0.6) is 5.75 Å². The van der Waals surface area contributed by atoms with Crippen LogP contribution in [0.3, 0.4) is 0 Å². The van der Waals surface area contributed by atoms with Crippen LogP contribution in [0.2, 0.25) is 18.1 Å². The van der Waals surface area contributed by atoms with E-state index >= 15 is 0 Å². The van der Waals surface area contributed by atoms with Crippen molar-refractivity contribution >= 4 is 20.1 Å². The van der Waals surface area contributed by atoms with E-state index in [1.807, 2.05) is 0 Å². The minimum Gasteiger partial charge on any atom is -0.497 e. The number of rotatable bonds is 19. The number of methoxy groups -OCH3 is 1. The molecule has 5 nitrogen and oxygen atoms in total. The lowest BCUT2D eigenvalue weighted by molar-refractivity contribution is 0.209. The Kier molecular flexibility index (Phi) is 17.2. The number of hydrogen-bond acceptors (Lipinski definition) is 3. The number of ether oxygens (including phenoxy) is 1. The first kappa shape index (κ1) is 34.1. The highest BCUT2D eigenvalue weighted by atomic mass is 28.4. The summed E-state index contributed by atoms with van der Waals surface area (Å²) in [7, 11) is 0.0283. The van der Waals surface area contributed by atoms with Gasteiger partial charge in [-0.3, -0.25) is 5.32 Å². The quantitative estimate of drug-likeness (QED) is 0.103. The number of anilines is 1. The Morgan fingerprint density at radius 2 is 1.37 bits per heavy atom. The zero-order chi connectivity index (χ0) is 28.3. The van der Waals surface area contributed by atoms with Crippen molar-refractivity contribution in [1.29, 1.82) is 0 Å². The van der Waals surface area contributed by atoms with E-state index in [2.05, 4.69) is 51.0 Å². The van der Waals surface area contributed by atoms with Crippen molar-refractivity contribution in [3.63, 3.8) is 0 Å². The van der Waals surface area contributed by atoms with E-state index in [4.69, 9.17) is 14.3 Å². The maximum atomic E-state index is 11.0. The van der Waals surface area contributed by atoms with Crippen molar-refractivity contribution in [3.8, 4) is 17.6 Å². The standard InChI is InChI=1S/C32H55NO4Si/c1-32(2,3)38(5,6)37-26-22-20-18-16-14-12-10-8-7-9-11-13-15-17-19-21-23-28-27-29(36-4)24-25-30(28)33-31(34)35/h24-25,27,33H,7-20,22,26H2,1-6H3,(H,34,35). The molecule has 0 spiro atoms. The molecule has 38 heavy (non-hydrogen) atoms. The van der Waals surface area contributed by atoms with Crippen molar-refractivity contribution < 1.29 is 19.1 Å². The fraction of sp³-hybridized carbons (Fsp3) is 0.719. The molecule has 216 valence electrons. The molecule has 0 aromatic heterocycles. The molecule has 0 atom stereocenters. The summed E-state index contributed by atoms with van der Waals surface area (Å²) in [4.78, 5) is 11.0. The topological polar surface area (TPSA) is 67.8 Å². The maximum absolute atomic E-state index is 11.0. The molecule has 6 heteroatoms. The van der Waals surface area contributed by atoms with E-state index in [9.17, 15) is 4.79 Å². The lowest BCUT2D eigenvalue weighted by Crippen LogP contribution is -2.40. The molecular formula is C32H55NO4Si. The summed E-state index contributed by atoms with van der Waals surface area (Å²) in [5.74, 6) is 6.95. The summed E-state index contributed by atoms with van der Waals surface area (Å²) in [5.41, 5.74) is 1.15. The van der Waals surface area contributed by atoms with E-state index in [-0.39, 0.29) is 0 Å². The molecule has 1 amide bonds. The average Bonchev–Trinajstić information content (AvgIpc) is 2.85. The minimum absolute atomic E-state index is 0.316. The van der Waals surface area contributed by atoms with Crippen LogP contribution in [0, 0.1) is 11.8 Å². The Hall–Kier alpha value is -1.97. The third kappa shape index (κ3) is 15.4. The molecule has 1 rings (SSSR count). The second-order valence-electron chi connectivity index (χ2n) is 12.0. The van der Waals surface area contributed by atoms with Gasteiger partial charge in [-0.1, -0.05) is 110 Å². The second-order valence-corrected chi connectivity index (χ2v) is 16.8. The van der Waals surface area contributed by atoms with E-state index in [0.717, 1.165) is 19.4 Å². The van der Waals surface area contributed by atoms with Crippen molar-refractivity contribution in [2.75, 3.05) is 19.0 Å². The fourth-order valence-corrected chi connectivity index (χ4v) is 5.20. The summed E-state index contributed by atoms with van der Waals surface area (Å²) in [6.07, 6.45) is 18.1. The number of benzene rings is 1. The van der Waals surface area contributed by atoms with Gasteiger partial charge in [0.25, 0.3) is 0 Å². The lowest BCUT2D eigenvalue weighted by Gasteiger charge is -2.36. The predicted molar refractivity (Wildman–Crippen MR) is 164 cm³/mol. The van der Waals surface area contributed by atoms with Gasteiger partial charge in [0.05, 0.1) is 18.4 Å². The van der Waals surface area contributed by atoms with Crippen LogP contribution in [-0.4, -0.2) is 33.2 Å². The third-order valence-electron chi connectivity index (χ3n) is 7.66. The number of unbranched alkanes of at least 4 members (excludes halogenated alkanes) is 14. The van der Waals surface area contributed by atoms with Crippen molar-refractivity contribution in [2.45, 2.75) is 135 Å². The Balaban J connectivity index is 1.96. The van der Waals surface area contributed by atoms with Crippen LogP contribution in [0.1, 0.15) is 123 Å². The van der Waals surface area contributed by atoms with Crippen molar-refractivity contribution in [2.24, 2.45) is 0 Å². The minimum atomic E-state index is -1.56. The summed E-state index contributed by atoms with van der Waals surface area (Å²) >= 11 is 0. The molecular weight excluding hydrogens is 490 g/mol.